The number of thiophene rings is 1. The van der Waals surface area contributed by atoms with Crippen molar-refractivity contribution in [2.45, 2.75) is 44.6 Å². The molecular weight excluding hydrogens is 284 g/mol. The zero-order valence-corrected chi connectivity index (χ0v) is 13.3. The normalized spacial score (nSPS) is 21.3. The number of amides is 1. The highest BCUT2D eigenvalue weighted by Crippen LogP contribution is 2.30. The van der Waals surface area contributed by atoms with Gasteiger partial charge in [-0.3, -0.25) is 4.79 Å². The molecule has 2 N–H and O–H groups in total. The van der Waals surface area contributed by atoms with Crippen molar-refractivity contribution in [3.63, 3.8) is 0 Å². The number of aryl methyl sites for hydroxylation is 2. The molecular formula is C16H24N2O2S. The molecule has 1 fully saturated rings. The van der Waals surface area contributed by atoms with E-state index in [-0.39, 0.29) is 12.5 Å². The lowest BCUT2D eigenvalue weighted by Gasteiger charge is -2.24. The van der Waals surface area contributed by atoms with Gasteiger partial charge in [0.15, 0.2) is 0 Å². The first-order chi connectivity index (χ1) is 10.3. The van der Waals surface area contributed by atoms with E-state index >= 15 is 0 Å². The molecule has 1 saturated heterocycles. The molecule has 0 radical (unpaired) electrons. The predicted octanol–water partition coefficient (Wildman–Crippen LogP) is 1.81. The van der Waals surface area contributed by atoms with Crippen molar-refractivity contribution < 1.29 is 9.90 Å². The molecule has 116 valence electrons. The van der Waals surface area contributed by atoms with Crippen LogP contribution >= 0.6 is 11.3 Å². The molecule has 4 nitrogen and oxygen atoms in total. The average Bonchev–Trinajstić information content (AvgIpc) is 3.14. The van der Waals surface area contributed by atoms with Crippen LogP contribution in [-0.4, -0.2) is 48.2 Å². The second-order valence-electron chi connectivity index (χ2n) is 6.03. The Bertz CT molecular complexity index is 471. The van der Waals surface area contributed by atoms with Gasteiger partial charge in [0.1, 0.15) is 0 Å². The van der Waals surface area contributed by atoms with E-state index in [1.165, 1.54) is 29.7 Å². The predicted molar refractivity (Wildman–Crippen MR) is 85.0 cm³/mol. The highest BCUT2D eigenvalue weighted by Gasteiger charge is 2.24. The van der Waals surface area contributed by atoms with Crippen LogP contribution in [0.1, 0.15) is 45.8 Å². The minimum atomic E-state index is 0.0313. The van der Waals surface area contributed by atoms with E-state index in [9.17, 15) is 9.90 Å². The van der Waals surface area contributed by atoms with Crippen molar-refractivity contribution in [1.82, 2.24) is 10.2 Å². The molecule has 1 aliphatic heterocycles. The van der Waals surface area contributed by atoms with E-state index in [0.717, 1.165) is 30.7 Å². The Labute approximate surface area is 130 Å². The number of nitrogens with one attached hydrogen (secondary N) is 1. The molecule has 1 aromatic heterocycles. The Kier molecular flexibility index (Phi) is 4.93. The fourth-order valence-electron chi connectivity index (χ4n) is 3.33. The van der Waals surface area contributed by atoms with Crippen LogP contribution in [0.5, 0.6) is 0 Å². The van der Waals surface area contributed by atoms with Gasteiger partial charge in [0.05, 0.1) is 11.5 Å². The molecule has 21 heavy (non-hydrogen) atoms. The van der Waals surface area contributed by atoms with Crippen LogP contribution in [0.4, 0.5) is 0 Å². The minimum absolute atomic E-state index is 0.0313. The zero-order chi connectivity index (χ0) is 14.7. The van der Waals surface area contributed by atoms with Crippen molar-refractivity contribution in [2.75, 3.05) is 26.2 Å². The van der Waals surface area contributed by atoms with E-state index < -0.39 is 0 Å². The summed E-state index contributed by atoms with van der Waals surface area (Å²) in [6.07, 6.45) is 7.02. The summed E-state index contributed by atoms with van der Waals surface area (Å²) in [5, 5.41) is 12.7. The van der Waals surface area contributed by atoms with Crippen molar-refractivity contribution in [3.8, 4) is 0 Å². The quantitative estimate of drug-likeness (QED) is 0.872. The molecule has 1 aromatic rings. The highest BCUT2D eigenvalue weighted by atomic mass is 32.1. The number of carbonyl (C=O) groups is 1. The molecule has 2 heterocycles. The summed E-state index contributed by atoms with van der Waals surface area (Å²) in [4.78, 5) is 16.8. The van der Waals surface area contributed by atoms with Gasteiger partial charge in [-0.05, 0) is 56.7 Å². The van der Waals surface area contributed by atoms with E-state index in [1.54, 1.807) is 11.3 Å². The Balaban J connectivity index is 1.71. The summed E-state index contributed by atoms with van der Waals surface area (Å²) in [6.45, 7) is 2.21. The van der Waals surface area contributed by atoms with Gasteiger partial charge in [-0.15, -0.1) is 11.3 Å². The number of hydrogen-bond donors (Lipinski definition) is 2. The Morgan fingerprint density at radius 3 is 2.95 bits per heavy atom. The van der Waals surface area contributed by atoms with Crippen LogP contribution in [0.15, 0.2) is 6.07 Å². The molecule has 1 aliphatic carbocycles. The third kappa shape index (κ3) is 3.47. The SMILES string of the molecule is O=C(c1cc2c(s1)CCCC2)N(CCO)CC1CCCN1. The number of hydrogen-bond acceptors (Lipinski definition) is 4. The molecule has 0 aromatic carbocycles. The average molecular weight is 308 g/mol. The topological polar surface area (TPSA) is 52.6 Å². The minimum Gasteiger partial charge on any atom is -0.395 e. The first-order valence-corrected chi connectivity index (χ1v) is 8.84. The summed E-state index contributed by atoms with van der Waals surface area (Å²) in [7, 11) is 0. The molecule has 0 saturated carbocycles. The first-order valence-electron chi connectivity index (χ1n) is 8.03. The van der Waals surface area contributed by atoms with E-state index in [2.05, 4.69) is 11.4 Å². The van der Waals surface area contributed by atoms with Crippen LogP contribution in [0.3, 0.4) is 0 Å². The van der Waals surface area contributed by atoms with E-state index in [4.69, 9.17) is 0 Å². The van der Waals surface area contributed by atoms with Gasteiger partial charge in [-0.1, -0.05) is 0 Å². The summed E-state index contributed by atoms with van der Waals surface area (Å²) in [5.74, 6) is 0.0946. The second kappa shape index (κ2) is 6.90. The largest absolute Gasteiger partial charge is 0.395 e. The Morgan fingerprint density at radius 1 is 1.38 bits per heavy atom. The second-order valence-corrected chi connectivity index (χ2v) is 7.17. The van der Waals surface area contributed by atoms with Gasteiger partial charge in [0.2, 0.25) is 0 Å². The number of fused-ring (bicyclic) bond motifs is 1. The number of carbonyl (C=O) groups excluding carboxylic acids is 1. The van der Waals surface area contributed by atoms with Gasteiger partial charge in [-0.25, -0.2) is 0 Å². The fourth-order valence-corrected chi connectivity index (χ4v) is 4.55. The molecule has 2 aliphatic rings. The first kappa shape index (κ1) is 15.0. The summed E-state index contributed by atoms with van der Waals surface area (Å²) in [6, 6.07) is 2.48. The monoisotopic (exact) mass is 308 g/mol. The summed E-state index contributed by atoms with van der Waals surface area (Å²) in [5.41, 5.74) is 1.37. The van der Waals surface area contributed by atoms with Crippen LogP contribution in [-0.2, 0) is 12.8 Å². The molecule has 1 atom stereocenters. The smallest absolute Gasteiger partial charge is 0.264 e. The van der Waals surface area contributed by atoms with Crippen LogP contribution < -0.4 is 5.32 Å². The number of aliphatic hydroxyl groups excluding tert-OH is 1. The van der Waals surface area contributed by atoms with Crippen molar-refractivity contribution >= 4 is 17.2 Å². The molecule has 0 bridgehead atoms. The van der Waals surface area contributed by atoms with E-state index in [1.807, 2.05) is 4.90 Å². The molecule has 3 rings (SSSR count). The fraction of sp³-hybridized carbons (Fsp3) is 0.688. The van der Waals surface area contributed by atoms with E-state index in [0.29, 0.717) is 19.1 Å². The van der Waals surface area contributed by atoms with Crippen molar-refractivity contribution in [2.24, 2.45) is 0 Å². The molecule has 1 unspecified atom stereocenters. The molecule has 5 heteroatoms. The molecule has 0 spiro atoms. The van der Waals surface area contributed by atoms with Crippen molar-refractivity contribution in [1.29, 1.82) is 0 Å². The van der Waals surface area contributed by atoms with Gasteiger partial charge in [-0.2, -0.15) is 0 Å². The Hall–Kier alpha value is -0.910. The van der Waals surface area contributed by atoms with Gasteiger partial charge >= 0.3 is 0 Å². The maximum Gasteiger partial charge on any atom is 0.264 e. The van der Waals surface area contributed by atoms with Crippen LogP contribution in [0.25, 0.3) is 0 Å². The number of rotatable bonds is 5. The third-order valence-corrected chi connectivity index (χ3v) is 5.69. The standard InChI is InChI=1S/C16H24N2O2S/c19-9-8-18(11-13-5-3-7-17-13)16(20)15-10-12-4-1-2-6-14(12)21-15/h10,13,17,19H,1-9,11H2. The van der Waals surface area contributed by atoms with Crippen LogP contribution in [0, 0.1) is 0 Å². The summed E-state index contributed by atoms with van der Waals surface area (Å²) < 4.78 is 0. The Morgan fingerprint density at radius 2 is 2.24 bits per heavy atom. The van der Waals surface area contributed by atoms with Gasteiger partial charge < -0.3 is 15.3 Å². The number of nitrogens with zero attached hydrogens (tertiary/aromatic N) is 1. The number of aliphatic hydroxyl groups is 1. The van der Waals surface area contributed by atoms with Crippen molar-refractivity contribution in [3.05, 3.63) is 21.4 Å². The highest BCUT2D eigenvalue weighted by molar-refractivity contribution is 7.14. The lowest BCUT2D eigenvalue weighted by Crippen LogP contribution is -2.42. The lowest BCUT2D eigenvalue weighted by molar-refractivity contribution is 0.0711. The molecule has 1 amide bonds. The maximum absolute atomic E-state index is 12.7. The van der Waals surface area contributed by atoms with Gasteiger partial charge in [0.25, 0.3) is 5.91 Å². The lowest BCUT2D eigenvalue weighted by atomic mass is 9.99. The van der Waals surface area contributed by atoms with Gasteiger partial charge in [0, 0.05) is 24.0 Å². The van der Waals surface area contributed by atoms with Crippen LogP contribution in [0.2, 0.25) is 0 Å². The zero-order valence-electron chi connectivity index (χ0n) is 12.4. The maximum atomic E-state index is 12.7. The summed E-state index contributed by atoms with van der Waals surface area (Å²) >= 11 is 1.66. The third-order valence-electron chi connectivity index (χ3n) is 4.47.